The molecule has 0 radical (unpaired) electrons. The Hall–Kier alpha value is -1.58. The fraction of sp³-hybridized carbons (Fsp3) is 0.125. The molecule has 2 aromatic rings. The first-order valence-corrected chi connectivity index (χ1v) is 6.77. The second-order valence-electron chi connectivity index (χ2n) is 4.14. The van der Waals surface area contributed by atoms with Gasteiger partial charge in [-0.1, -0.05) is 42.5 Å². The molecule has 0 heterocycles. The monoisotopic (exact) mass is 318 g/mol. The van der Waals surface area contributed by atoms with E-state index in [1.165, 1.54) is 6.08 Å². The van der Waals surface area contributed by atoms with Crippen LogP contribution >= 0.6 is 15.9 Å². The van der Waals surface area contributed by atoms with E-state index in [4.69, 9.17) is 4.74 Å². The number of benzene rings is 2. The Bertz CT molecular complexity index is 552. The molecule has 0 spiro atoms. The number of rotatable bonds is 5. The Labute approximate surface area is 121 Å². The van der Waals surface area contributed by atoms with Crippen molar-refractivity contribution in [1.82, 2.24) is 0 Å². The Morgan fingerprint density at radius 1 is 1.21 bits per heavy atom. The van der Waals surface area contributed by atoms with Gasteiger partial charge in [0.2, 0.25) is 0 Å². The van der Waals surface area contributed by atoms with Crippen molar-refractivity contribution in [2.75, 3.05) is 0 Å². The van der Waals surface area contributed by atoms with Crippen LogP contribution in [0.1, 0.15) is 17.2 Å². The molecule has 1 atom stereocenters. The molecule has 2 aromatic carbocycles. The molecule has 0 aliphatic carbocycles. The van der Waals surface area contributed by atoms with Crippen molar-refractivity contribution in [3.8, 4) is 5.75 Å². The highest BCUT2D eigenvalue weighted by molar-refractivity contribution is 9.10. The van der Waals surface area contributed by atoms with Gasteiger partial charge in [0.25, 0.3) is 0 Å². The Kier molecular flexibility index (Phi) is 4.77. The van der Waals surface area contributed by atoms with E-state index >= 15 is 0 Å². The summed E-state index contributed by atoms with van der Waals surface area (Å²) in [7, 11) is 0. The van der Waals surface area contributed by atoms with E-state index in [1.807, 2.05) is 48.5 Å². The molecule has 98 valence electrons. The van der Waals surface area contributed by atoms with Crippen molar-refractivity contribution in [3.63, 3.8) is 0 Å². The lowest BCUT2D eigenvalue weighted by molar-refractivity contribution is 0.228. The van der Waals surface area contributed by atoms with Gasteiger partial charge in [0.05, 0.1) is 10.6 Å². The summed E-state index contributed by atoms with van der Waals surface area (Å²) in [5.74, 6) is 0.754. The molecular formula is C16H15BrO2. The molecule has 1 N–H and O–H groups in total. The van der Waals surface area contributed by atoms with E-state index in [-0.39, 0.29) is 0 Å². The minimum atomic E-state index is -0.653. The lowest BCUT2D eigenvalue weighted by atomic mass is 10.1. The standard InChI is InChI=1S/C16H15BrO2/c1-2-15(18)13-8-9-16(14(17)10-13)19-11-12-6-4-3-5-7-12/h2-10,15,18H,1,11H2. The average Bonchev–Trinajstić information content (AvgIpc) is 2.46. The lowest BCUT2D eigenvalue weighted by Gasteiger charge is -2.11. The van der Waals surface area contributed by atoms with Gasteiger partial charge in [-0.3, -0.25) is 0 Å². The van der Waals surface area contributed by atoms with Crippen LogP contribution in [0.5, 0.6) is 5.75 Å². The number of ether oxygens (including phenoxy) is 1. The summed E-state index contributed by atoms with van der Waals surface area (Å²) in [6, 6.07) is 15.5. The quantitative estimate of drug-likeness (QED) is 0.835. The highest BCUT2D eigenvalue weighted by Crippen LogP contribution is 2.29. The van der Waals surface area contributed by atoms with Crippen molar-refractivity contribution in [2.45, 2.75) is 12.7 Å². The van der Waals surface area contributed by atoms with Gasteiger partial charge in [-0.05, 0) is 39.2 Å². The van der Waals surface area contributed by atoms with Gasteiger partial charge in [0, 0.05) is 0 Å². The number of aliphatic hydroxyl groups is 1. The Balaban J connectivity index is 2.07. The van der Waals surface area contributed by atoms with Crippen LogP contribution in [0.15, 0.2) is 65.7 Å². The van der Waals surface area contributed by atoms with Crippen molar-refractivity contribution in [1.29, 1.82) is 0 Å². The van der Waals surface area contributed by atoms with Gasteiger partial charge in [-0.15, -0.1) is 6.58 Å². The zero-order valence-electron chi connectivity index (χ0n) is 10.4. The van der Waals surface area contributed by atoms with Crippen LogP contribution in [0.3, 0.4) is 0 Å². The average molecular weight is 319 g/mol. The smallest absolute Gasteiger partial charge is 0.134 e. The van der Waals surface area contributed by atoms with Crippen LogP contribution in [-0.4, -0.2) is 5.11 Å². The van der Waals surface area contributed by atoms with Gasteiger partial charge in [-0.25, -0.2) is 0 Å². The minimum absolute atomic E-state index is 0.517. The summed E-state index contributed by atoms with van der Waals surface area (Å²) in [5.41, 5.74) is 1.90. The predicted octanol–water partition coefficient (Wildman–Crippen LogP) is 4.25. The summed E-state index contributed by atoms with van der Waals surface area (Å²) in [5, 5.41) is 9.67. The number of hydrogen-bond donors (Lipinski definition) is 1. The van der Waals surface area contributed by atoms with E-state index in [0.717, 1.165) is 21.3 Å². The normalized spacial score (nSPS) is 11.9. The molecule has 0 saturated carbocycles. The van der Waals surface area contributed by atoms with Crippen LogP contribution in [0.4, 0.5) is 0 Å². The van der Waals surface area contributed by atoms with E-state index in [9.17, 15) is 5.11 Å². The van der Waals surface area contributed by atoms with Crippen LogP contribution in [-0.2, 0) is 6.61 Å². The summed E-state index contributed by atoms with van der Waals surface area (Å²) >= 11 is 3.45. The third kappa shape index (κ3) is 3.69. The zero-order valence-corrected chi connectivity index (χ0v) is 12.0. The fourth-order valence-electron chi connectivity index (χ4n) is 1.69. The molecule has 0 fully saturated rings. The maximum absolute atomic E-state index is 9.67. The maximum atomic E-state index is 9.67. The van der Waals surface area contributed by atoms with Crippen molar-refractivity contribution < 1.29 is 9.84 Å². The maximum Gasteiger partial charge on any atom is 0.134 e. The van der Waals surface area contributed by atoms with E-state index < -0.39 is 6.10 Å². The molecule has 19 heavy (non-hydrogen) atoms. The SMILES string of the molecule is C=CC(O)c1ccc(OCc2ccccc2)c(Br)c1. The molecule has 2 nitrogen and oxygen atoms in total. The lowest BCUT2D eigenvalue weighted by Crippen LogP contribution is -1.97. The van der Waals surface area contributed by atoms with Gasteiger partial charge >= 0.3 is 0 Å². The highest BCUT2D eigenvalue weighted by atomic mass is 79.9. The number of halogens is 1. The summed E-state index contributed by atoms with van der Waals surface area (Å²) in [6.07, 6.45) is 0.839. The van der Waals surface area contributed by atoms with Crippen LogP contribution < -0.4 is 4.74 Å². The van der Waals surface area contributed by atoms with Gasteiger partial charge in [0.1, 0.15) is 12.4 Å². The number of aliphatic hydroxyl groups excluding tert-OH is 1. The molecule has 0 bridgehead atoms. The first kappa shape index (κ1) is 13.8. The Morgan fingerprint density at radius 2 is 1.95 bits per heavy atom. The molecular weight excluding hydrogens is 304 g/mol. The van der Waals surface area contributed by atoms with Crippen LogP contribution in [0, 0.1) is 0 Å². The summed E-state index contributed by atoms with van der Waals surface area (Å²) in [4.78, 5) is 0. The molecule has 0 aliphatic heterocycles. The van der Waals surface area contributed by atoms with Gasteiger partial charge in [-0.2, -0.15) is 0 Å². The van der Waals surface area contributed by atoms with Crippen LogP contribution in [0.2, 0.25) is 0 Å². The van der Waals surface area contributed by atoms with Gasteiger partial charge in [0.15, 0.2) is 0 Å². The third-order valence-electron chi connectivity index (χ3n) is 2.76. The van der Waals surface area contributed by atoms with E-state index in [1.54, 1.807) is 0 Å². The van der Waals surface area contributed by atoms with E-state index in [2.05, 4.69) is 22.5 Å². The molecule has 1 unspecified atom stereocenters. The molecule has 0 aliphatic rings. The predicted molar refractivity (Wildman–Crippen MR) is 80.1 cm³/mol. The molecule has 0 aromatic heterocycles. The van der Waals surface area contributed by atoms with Crippen molar-refractivity contribution in [2.24, 2.45) is 0 Å². The second-order valence-corrected chi connectivity index (χ2v) is 5.00. The third-order valence-corrected chi connectivity index (χ3v) is 3.38. The first-order valence-electron chi connectivity index (χ1n) is 5.97. The minimum Gasteiger partial charge on any atom is -0.488 e. The molecule has 0 amide bonds. The fourth-order valence-corrected chi connectivity index (χ4v) is 2.20. The second kappa shape index (κ2) is 6.55. The zero-order chi connectivity index (χ0) is 13.7. The largest absolute Gasteiger partial charge is 0.488 e. The van der Waals surface area contributed by atoms with Crippen LogP contribution in [0.25, 0.3) is 0 Å². The van der Waals surface area contributed by atoms with E-state index in [0.29, 0.717) is 6.61 Å². The molecule has 0 saturated heterocycles. The first-order chi connectivity index (χ1) is 9.20. The molecule has 3 heteroatoms. The summed E-state index contributed by atoms with van der Waals surface area (Å²) < 4.78 is 6.56. The topological polar surface area (TPSA) is 29.5 Å². The summed E-state index contributed by atoms with van der Waals surface area (Å²) in [6.45, 7) is 4.09. The van der Waals surface area contributed by atoms with Crippen molar-refractivity contribution in [3.05, 3.63) is 76.8 Å². The molecule has 2 rings (SSSR count). The van der Waals surface area contributed by atoms with Crippen molar-refractivity contribution >= 4 is 15.9 Å². The Morgan fingerprint density at radius 3 is 2.58 bits per heavy atom. The van der Waals surface area contributed by atoms with Gasteiger partial charge < -0.3 is 9.84 Å². The number of hydrogen-bond acceptors (Lipinski definition) is 2. The highest BCUT2D eigenvalue weighted by Gasteiger charge is 2.07.